The summed E-state index contributed by atoms with van der Waals surface area (Å²) >= 11 is 0. The van der Waals surface area contributed by atoms with E-state index in [1.807, 2.05) is 25.1 Å². The lowest BCUT2D eigenvalue weighted by molar-refractivity contribution is 0.0855. The van der Waals surface area contributed by atoms with Gasteiger partial charge in [-0.05, 0) is 44.6 Å². The van der Waals surface area contributed by atoms with Crippen molar-refractivity contribution in [3.8, 4) is 11.5 Å². The third kappa shape index (κ3) is 3.45. The molecule has 1 aromatic carbocycles. The summed E-state index contributed by atoms with van der Waals surface area (Å²) in [6.45, 7) is 5.38. The fourth-order valence-corrected chi connectivity index (χ4v) is 3.07. The monoisotopic (exact) mass is 277 g/mol. The number of benzene rings is 1. The van der Waals surface area contributed by atoms with Gasteiger partial charge in [0.2, 0.25) is 0 Å². The molecule has 0 radical (unpaired) electrons. The molecule has 112 valence electrons. The Balaban J connectivity index is 2.21. The van der Waals surface area contributed by atoms with E-state index < -0.39 is 0 Å². The second kappa shape index (κ2) is 7.53. The molecular formula is C17H27NO2. The molecule has 0 heterocycles. The summed E-state index contributed by atoms with van der Waals surface area (Å²) < 4.78 is 12.1. The van der Waals surface area contributed by atoms with Crippen molar-refractivity contribution in [1.82, 2.24) is 0 Å². The summed E-state index contributed by atoms with van der Waals surface area (Å²) in [5.74, 6) is 2.35. The van der Waals surface area contributed by atoms with E-state index in [0.717, 1.165) is 23.5 Å². The number of nitrogens with two attached hydrogens (primary N) is 1. The van der Waals surface area contributed by atoms with Crippen molar-refractivity contribution in [2.24, 2.45) is 11.7 Å². The van der Waals surface area contributed by atoms with Crippen LogP contribution in [0.1, 0.15) is 51.5 Å². The van der Waals surface area contributed by atoms with Crippen molar-refractivity contribution in [3.63, 3.8) is 0 Å². The van der Waals surface area contributed by atoms with Crippen molar-refractivity contribution in [3.05, 3.63) is 23.8 Å². The minimum atomic E-state index is 0.306. The minimum absolute atomic E-state index is 0.306. The van der Waals surface area contributed by atoms with Gasteiger partial charge in [0.05, 0.1) is 6.61 Å². The molecule has 20 heavy (non-hydrogen) atoms. The standard InChI is InChI=1S/C17H27NO2/c1-3-13-8-5-6-10-15(13)20-17-14(12-18)9-7-11-16(17)19-4-2/h7,9,11,13,15H,3-6,8,10,12,18H2,1-2H3. The predicted octanol–water partition coefficient (Wildman–Crippen LogP) is 3.89. The molecule has 3 heteroatoms. The first-order valence-electron chi connectivity index (χ1n) is 7.91. The number of rotatable bonds is 6. The van der Waals surface area contributed by atoms with Crippen LogP contribution in [-0.2, 0) is 6.54 Å². The van der Waals surface area contributed by atoms with Crippen LogP contribution in [0.15, 0.2) is 18.2 Å². The molecule has 1 aromatic rings. The first-order valence-corrected chi connectivity index (χ1v) is 7.91. The Hall–Kier alpha value is -1.22. The third-order valence-corrected chi connectivity index (χ3v) is 4.21. The highest BCUT2D eigenvalue weighted by Crippen LogP contribution is 2.36. The van der Waals surface area contributed by atoms with Gasteiger partial charge in [-0.1, -0.05) is 25.5 Å². The number of hydrogen-bond acceptors (Lipinski definition) is 3. The Morgan fingerprint density at radius 2 is 2.00 bits per heavy atom. The normalized spacial score (nSPS) is 22.6. The fourth-order valence-electron chi connectivity index (χ4n) is 3.07. The van der Waals surface area contributed by atoms with Crippen LogP contribution < -0.4 is 15.2 Å². The lowest BCUT2D eigenvalue weighted by atomic mass is 9.84. The van der Waals surface area contributed by atoms with Gasteiger partial charge >= 0.3 is 0 Å². The summed E-state index contributed by atoms with van der Waals surface area (Å²) in [5, 5.41) is 0. The highest BCUT2D eigenvalue weighted by atomic mass is 16.5. The summed E-state index contributed by atoms with van der Waals surface area (Å²) in [6, 6.07) is 5.99. The van der Waals surface area contributed by atoms with Crippen LogP contribution in [0.4, 0.5) is 0 Å². The van der Waals surface area contributed by atoms with Crippen molar-refractivity contribution >= 4 is 0 Å². The fraction of sp³-hybridized carbons (Fsp3) is 0.647. The SMILES string of the molecule is CCOc1cccc(CN)c1OC1CCCCC1CC. The molecule has 0 amide bonds. The van der Waals surface area contributed by atoms with E-state index in [-0.39, 0.29) is 0 Å². The summed E-state index contributed by atoms with van der Waals surface area (Å²) in [7, 11) is 0. The van der Waals surface area contributed by atoms with Crippen molar-refractivity contribution < 1.29 is 9.47 Å². The van der Waals surface area contributed by atoms with Crippen LogP contribution in [0.5, 0.6) is 11.5 Å². The van der Waals surface area contributed by atoms with Gasteiger partial charge in [-0.2, -0.15) is 0 Å². The van der Waals surface area contributed by atoms with Crippen LogP contribution in [-0.4, -0.2) is 12.7 Å². The molecule has 2 N–H and O–H groups in total. The molecule has 2 atom stereocenters. The molecule has 0 bridgehead atoms. The van der Waals surface area contributed by atoms with Gasteiger partial charge in [0.1, 0.15) is 6.10 Å². The topological polar surface area (TPSA) is 44.5 Å². The molecule has 0 aliphatic heterocycles. The largest absolute Gasteiger partial charge is 0.490 e. The first-order chi connectivity index (χ1) is 9.80. The molecule has 2 unspecified atom stereocenters. The van der Waals surface area contributed by atoms with Crippen molar-refractivity contribution in [1.29, 1.82) is 0 Å². The average Bonchev–Trinajstić information content (AvgIpc) is 2.49. The Bertz CT molecular complexity index is 419. The first kappa shape index (κ1) is 15.2. The average molecular weight is 277 g/mol. The van der Waals surface area contributed by atoms with E-state index in [1.165, 1.54) is 25.7 Å². The van der Waals surface area contributed by atoms with Crippen molar-refractivity contribution in [2.45, 2.75) is 58.6 Å². The van der Waals surface area contributed by atoms with Gasteiger partial charge in [0.15, 0.2) is 11.5 Å². The Morgan fingerprint density at radius 1 is 1.20 bits per heavy atom. The second-order valence-corrected chi connectivity index (χ2v) is 5.49. The van der Waals surface area contributed by atoms with E-state index in [9.17, 15) is 0 Å². The van der Waals surface area contributed by atoms with Gasteiger partial charge < -0.3 is 15.2 Å². The second-order valence-electron chi connectivity index (χ2n) is 5.49. The maximum atomic E-state index is 6.36. The maximum Gasteiger partial charge on any atom is 0.166 e. The molecule has 1 saturated carbocycles. The van der Waals surface area contributed by atoms with Crippen LogP contribution in [0.25, 0.3) is 0 Å². The number of ether oxygens (including phenoxy) is 2. The van der Waals surface area contributed by atoms with Crippen LogP contribution >= 0.6 is 0 Å². The minimum Gasteiger partial charge on any atom is -0.490 e. The molecule has 1 aliphatic carbocycles. The van der Waals surface area contributed by atoms with Gasteiger partial charge in [-0.25, -0.2) is 0 Å². The summed E-state index contributed by atoms with van der Waals surface area (Å²) in [6.07, 6.45) is 6.49. The van der Waals surface area contributed by atoms with E-state index in [1.54, 1.807) is 0 Å². The summed E-state index contributed by atoms with van der Waals surface area (Å²) in [4.78, 5) is 0. The lowest BCUT2D eigenvalue weighted by Crippen LogP contribution is -2.30. The van der Waals surface area contributed by atoms with Gasteiger partial charge in [-0.15, -0.1) is 0 Å². The van der Waals surface area contributed by atoms with Crippen LogP contribution in [0.2, 0.25) is 0 Å². The molecule has 0 spiro atoms. The predicted molar refractivity (Wildman–Crippen MR) is 82.2 cm³/mol. The Morgan fingerprint density at radius 3 is 2.70 bits per heavy atom. The van der Waals surface area contributed by atoms with E-state index in [0.29, 0.717) is 25.2 Å². The smallest absolute Gasteiger partial charge is 0.166 e. The zero-order valence-corrected chi connectivity index (χ0v) is 12.7. The lowest BCUT2D eigenvalue weighted by Gasteiger charge is -2.32. The number of para-hydroxylation sites is 1. The highest BCUT2D eigenvalue weighted by molar-refractivity contribution is 5.46. The van der Waals surface area contributed by atoms with Gasteiger partial charge in [0, 0.05) is 12.1 Å². The highest BCUT2D eigenvalue weighted by Gasteiger charge is 2.27. The Labute approximate surface area is 122 Å². The molecular weight excluding hydrogens is 250 g/mol. The molecule has 2 rings (SSSR count). The zero-order valence-electron chi connectivity index (χ0n) is 12.7. The molecule has 3 nitrogen and oxygen atoms in total. The van der Waals surface area contributed by atoms with Gasteiger partial charge in [-0.3, -0.25) is 0 Å². The molecule has 0 saturated heterocycles. The van der Waals surface area contributed by atoms with Gasteiger partial charge in [0.25, 0.3) is 0 Å². The third-order valence-electron chi connectivity index (χ3n) is 4.21. The van der Waals surface area contributed by atoms with E-state index >= 15 is 0 Å². The number of hydrogen-bond donors (Lipinski definition) is 1. The van der Waals surface area contributed by atoms with E-state index in [4.69, 9.17) is 15.2 Å². The molecule has 1 fully saturated rings. The molecule has 0 aromatic heterocycles. The summed E-state index contributed by atoms with van der Waals surface area (Å²) in [5.41, 5.74) is 6.89. The Kier molecular flexibility index (Phi) is 5.72. The van der Waals surface area contributed by atoms with Crippen molar-refractivity contribution in [2.75, 3.05) is 6.61 Å². The quantitative estimate of drug-likeness (QED) is 0.858. The van der Waals surface area contributed by atoms with Crippen LogP contribution in [0, 0.1) is 5.92 Å². The zero-order chi connectivity index (χ0) is 14.4. The van der Waals surface area contributed by atoms with E-state index in [2.05, 4.69) is 6.92 Å². The maximum absolute atomic E-state index is 6.36. The molecule has 1 aliphatic rings. The van der Waals surface area contributed by atoms with Crippen LogP contribution in [0.3, 0.4) is 0 Å².